The molecule has 0 atom stereocenters. The Bertz CT molecular complexity index is 850. The van der Waals surface area contributed by atoms with Crippen molar-refractivity contribution in [2.45, 2.75) is 27.3 Å². The number of aromatic nitrogens is 1. The Morgan fingerprint density at radius 1 is 1.29 bits per heavy atom. The molecule has 1 N–H and O–H groups in total. The van der Waals surface area contributed by atoms with Gasteiger partial charge in [-0.25, -0.2) is 4.99 Å². The third kappa shape index (κ3) is 3.49. The molecule has 0 radical (unpaired) electrons. The number of hydrogen-bond acceptors (Lipinski definition) is 3. The smallest absolute Gasteiger partial charge is 0.264 e. The first-order valence-corrected chi connectivity index (χ1v) is 9.30. The van der Waals surface area contributed by atoms with Crippen molar-refractivity contribution in [2.75, 3.05) is 0 Å². The van der Waals surface area contributed by atoms with Crippen LogP contribution in [0.3, 0.4) is 0 Å². The van der Waals surface area contributed by atoms with Gasteiger partial charge in [0.05, 0.1) is 10.6 Å². The lowest BCUT2D eigenvalue weighted by Gasteiger charge is -2.04. The molecule has 0 spiro atoms. The second-order valence-electron chi connectivity index (χ2n) is 5.53. The minimum absolute atomic E-state index is 0.0998. The van der Waals surface area contributed by atoms with Gasteiger partial charge in [0.1, 0.15) is 0 Å². The van der Waals surface area contributed by atoms with Crippen molar-refractivity contribution in [3.63, 3.8) is 0 Å². The third-order valence-corrected chi connectivity index (χ3v) is 5.36. The van der Waals surface area contributed by atoms with Crippen molar-refractivity contribution in [1.82, 2.24) is 9.88 Å². The average Bonchev–Trinajstić information content (AvgIpc) is 3.02. The fraction of sp³-hybridized carbons (Fsp3) is 0.222. The largest absolute Gasteiger partial charge is 0.349 e. The molecule has 1 fully saturated rings. The van der Waals surface area contributed by atoms with Crippen LogP contribution in [0.15, 0.2) is 44.7 Å². The summed E-state index contributed by atoms with van der Waals surface area (Å²) in [6.07, 6.45) is 1.94. The first kappa shape index (κ1) is 17.0. The Morgan fingerprint density at radius 3 is 2.62 bits per heavy atom. The van der Waals surface area contributed by atoms with Crippen LogP contribution in [-0.4, -0.2) is 15.6 Å². The summed E-state index contributed by atoms with van der Waals surface area (Å²) in [5, 5.41) is 3.44. The van der Waals surface area contributed by atoms with E-state index in [9.17, 15) is 4.79 Å². The van der Waals surface area contributed by atoms with E-state index in [0.29, 0.717) is 10.1 Å². The molecule has 1 aromatic heterocycles. The van der Waals surface area contributed by atoms with Crippen LogP contribution in [0.2, 0.25) is 0 Å². The Morgan fingerprint density at radius 2 is 2.00 bits per heavy atom. The molecule has 0 aliphatic carbocycles. The number of benzene rings is 1. The molecule has 0 saturated carbocycles. The van der Waals surface area contributed by atoms with E-state index in [1.54, 1.807) is 0 Å². The van der Waals surface area contributed by atoms with E-state index in [4.69, 9.17) is 0 Å². The quantitative estimate of drug-likeness (QED) is 0.749. The van der Waals surface area contributed by atoms with Crippen LogP contribution in [0.5, 0.6) is 0 Å². The maximum atomic E-state index is 12.2. The highest BCUT2D eigenvalue weighted by molar-refractivity contribution is 9.10. The van der Waals surface area contributed by atoms with E-state index >= 15 is 0 Å². The van der Waals surface area contributed by atoms with Crippen LogP contribution < -0.4 is 5.32 Å². The van der Waals surface area contributed by atoms with Gasteiger partial charge in [0.15, 0.2) is 5.17 Å². The maximum absolute atomic E-state index is 12.2. The summed E-state index contributed by atoms with van der Waals surface area (Å²) >= 11 is 4.77. The molecular weight excluding hydrogens is 386 g/mol. The summed E-state index contributed by atoms with van der Waals surface area (Å²) in [4.78, 5) is 17.4. The van der Waals surface area contributed by atoms with Crippen molar-refractivity contribution < 1.29 is 4.79 Å². The predicted molar refractivity (Wildman–Crippen MR) is 105 cm³/mol. The van der Waals surface area contributed by atoms with Gasteiger partial charge in [0.25, 0.3) is 5.91 Å². The number of halogens is 1. The van der Waals surface area contributed by atoms with Gasteiger partial charge in [-0.05, 0) is 74.5 Å². The average molecular weight is 404 g/mol. The molecule has 1 saturated heterocycles. The van der Waals surface area contributed by atoms with Gasteiger partial charge in [-0.3, -0.25) is 4.79 Å². The topological polar surface area (TPSA) is 46.4 Å². The first-order chi connectivity index (χ1) is 11.5. The molecule has 2 aromatic rings. The molecule has 24 heavy (non-hydrogen) atoms. The number of amidine groups is 1. The summed E-state index contributed by atoms with van der Waals surface area (Å²) in [7, 11) is 0. The van der Waals surface area contributed by atoms with Gasteiger partial charge in [-0.1, -0.05) is 15.9 Å². The Hall–Kier alpha value is -1.79. The highest BCUT2D eigenvalue weighted by atomic mass is 79.9. The van der Waals surface area contributed by atoms with Crippen LogP contribution >= 0.6 is 27.7 Å². The van der Waals surface area contributed by atoms with Crippen molar-refractivity contribution in [3.8, 4) is 0 Å². The third-order valence-electron chi connectivity index (χ3n) is 3.92. The van der Waals surface area contributed by atoms with Crippen LogP contribution in [0.4, 0.5) is 5.69 Å². The van der Waals surface area contributed by atoms with E-state index in [-0.39, 0.29) is 5.91 Å². The number of amides is 1. The number of nitrogens with zero attached hydrogens (tertiary/aromatic N) is 2. The second kappa shape index (κ2) is 6.99. The monoisotopic (exact) mass is 403 g/mol. The number of aryl methyl sites for hydroxylation is 1. The second-order valence-corrected chi connectivity index (χ2v) is 7.48. The van der Waals surface area contributed by atoms with Gasteiger partial charge in [0, 0.05) is 22.4 Å². The van der Waals surface area contributed by atoms with E-state index in [1.165, 1.54) is 23.1 Å². The molecule has 0 unspecified atom stereocenters. The number of carbonyl (C=O) groups excluding carboxylic acids is 1. The highest BCUT2D eigenvalue weighted by Gasteiger charge is 2.24. The number of hydrogen-bond donors (Lipinski definition) is 1. The molecule has 6 heteroatoms. The van der Waals surface area contributed by atoms with Gasteiger partial charge in [-0.15, -0.1) is 0 Å². The molecule has 3 rings (SSSR count). The normalized spacial score (nSPS) is 17.8. The van der Waals surface area contributed by atoms with Crippen LogP contribution in [0.25, 0.3) is 6.08 Å². The zero-order valence-corrected chi connectivity index (χ0v) is 16.2. The summed E-state index contributed by atoms with van der Waals surface area (Å²) in [5.41, 5.74) is 4.27. The summed E-state index contributed by atoms with van der Waals surface area (Å²) < 4.78 is 3.24. The lowest BCUT2D eigenvalue weighted by Crippen LogP contribution is -2.19. The number of nitrogens with one attached hydrogen (secondary N) is 1. The SMILES string of the molecule is CCn1c(C)cc(/C=C2\SC(=Nc3ccc(Br)cc3)NC2=O)c1C. The van der Waals surface area contributed by atoms with Crippen LogP contribution in [0.1, 0.15) is 23.9 Å². The Kier molecular flexibility index (Phi) is 4.96. The molecule has 1 amide bonds. The van der Waals surface area contributed by atoms with Crippen molar-refractivity contribution >= 4 is 50.5 Å². The Labute approximate surface area is 154 Å². The predicted octanol–water partition coefficient (Wildman–Crippen LogP) is 4.78. The fourth-order valence-corrected chi connectivity index (χ4v) is 3.81. The maximum Gasteiger partial charge on any atom is 0.264 e. The summed E-state index contributed by atoms with van der Waals surface area (Å²) in [5.74, 6) is -0.0998. The van der Waals surface area contributed by atoms with Gasteiger partial charge >= 0.3 is 0 Å². The molecule has 4 nitrogen and oxygen atoms in total. The first-order valence-electron chi connectivity index (χ1n) is 7.70. The van der Waals surface area contributed by atoms with Crippen molar-refractivity contribution in [2.24, 2.45) is 4.99 Å². The minimum Gasteiger partial charge on any atom is -0.349 e. The van der Waals surface area contributed by atoms with Crippen molar-refractivity contribution in [3.05, 3.63) is 56.7 Å². The lowest BCUT2D eigenvalue weighted by molar-refractivity contribution is -0.115. The van der Waals surface area contributed by atoms with Gasteiger partial charge < -0.3 is 9.88 Å². The van der Waals surface area contributed by atoms with Crippen molar-refractivity contribution in [1.29, 1.82) is 0 Å². The zero-order chi connectivity index (χ0) is 17.3. The lowest BCUT2D eigenvalue weighted by atomic mass is 10.2. The van der Waals surface area contributed by atoms with E-state index in [0.717, 1.165) is 22.3 Å². The van der Waals surface area contributed by atoms with E-state index in [2.05, 4.69) is 57.6 Å². The number of rotatable bonds is 3. The Balaban J connectivity index is 1.86. The molecule has 1 aliphatic rings. The molecule has 1 aromatic carbocycles. The minimum atomic E-state index is -0.0998. The zero-order valence-electron chi connectivity index (χ0n) is 13.8. The van der Waals surface area contributed by atoms with Crippen LogP contribution in [-0.2, 0) is 11.3 Å². The molecule has 0 bridgehead atoms. The highest BCUT2D eigenvalue weighted by Crippen LogP contribution is 2.29. The number of thioether (sulfide) groups is 1. The molecule has 1 aliphatic heterocycles. The molecule has 124 valence electrons. The summed E-state index contributed by atoms with van der Waals surface area (Å²) in [6, 6.07) is 9.78. The van der Waals surface area contributed by atoms with Gasteiger partial charge in [0.2, 0.25) is 0 Å². The van der Waals surface area contributed by atoms with Crippen LogP contribution in [0, 0.1) is 13.8 Å². The number of carbonyl (C=O) groups is 1. The molecular formula is C18H18BrN3OS. The fourth-order valence-electron chi connectivity index (χ4n) is 2.72. The number of aliphatic imine (C=N–C) groups is 1. The van der Waals surface area contributed by atoms with E-state index < -0.39 is 0 Å². The molecule has 2 heterocycles. The summed E-state index contributed by atoms with van der Waals surface area (Å²) in [6.45, 7) is 7.21. The van der Waals surface area contributed by atoms with E-state index in [1.807, 2.05) is 30.3 Å². The standard InChI is InChI=1S/C18H18BrN3OS/c1-4-22-11(2)9-13(12(22)3)10-16-17(23)21-18(24-16)20-15-7-5-14(19)6-8-15/h5-10H,4H2,1-3H3,(H,20,21,23)/b16-10-. The van der Waals surface area contributed by atoms with Gasteiger partial charge in [-0.2, -0.15) is 0 Å².